The summed E-state index contributed by atoms with van der Waals surface area (Å²) in [5.74, 6) is 15.5. The van der Waals surface area contributed by atoms with Gasteiger partial charge in [-0.05, 0) is 267 Å². The monoisotopic (exact) mass is 1140 g/mol. The number of alkyl halides is 6. The van der Waals surface area contributed by atoms with Crippen LogP contribution in [0, 0.1) is 100 Å². The number of hydrogen-bond donors (Lipinski definition) is 0. The summed E-state index contributed by atoms with van der Waals surface area (Å²) in [5.41, 5.74) is 0.764. The fourth-order valence-corrected chi connectivity index (χ4v) is 21.5. The lowest BCUT2D eigenvalue weighted by atomic mass is 9.50. The van der Waals surface area contributed by atoms with Crippen LogP contribution in [0.2, 0.25) is 0 Å². The third-order valence-electron chi connectivity index (χ3n) is 22.2. The minimum Gasteiger partial charge on any atom is -0.365 e. The second kappa shape index (κ2) is 29.5. The normalized spacial score (nSPS) is 43.6. The average molecular weight is 1140 g/mol. The van der Waals surface area contributed by atoms with Gasteiger partial charge in [0.15, 0.2) is 0 Å². The van der Waals surface area contributed by atoms with Crippen molar-refractivity contribution < 1.29 is 28.4 Å². The number of rotatable bonds is 15. The van der Waals surface area contributed by atoms with Crippen molar-refractivity contribution in [3.8, 4) is 0 Å². The van der Waals surface area contributed by atoms with Crippen LogP contribution in [-0.2, 0) is 28.4 Å². The highest BCUT2D eigenvalue weighted by Gasteiger charge is 2.53. The van der Waals surface area contributed by atoms with Gasteiger partial charge in [-0.3, -0.25) is 0 Å². The Balaban J connectivity index is 0.000000109. The maximum absolute atomic E-state index is 5.81. The van der Waals surface area contributed by atoms with E-state index in [2.05, 4.69) is 0 Å². The Labute approximate surface area is 474 Å². The largest absolute Gasteiger partial charge is 0.365 e. The van der Waals surface area contributed by atoms with Gasteiger partial charge in [-0.2, -0.15) is 0 Å². The van der Waals surface area contributed by atoms with E-state index < -0.39 is 0 Å². The minimum absolute atomic E-state index is 0.219. The summed E-state index contributed by atoms with van der Waals surface area (Å²) in [6, 6.07) is 2.27. The lowest BCUT2D eigenvalue weighted by molar-refractivity contribution is -0.151. The van der Waals surface area contributed by atoms with Crippen LogP contribution < -0.4 is 0 Å². The molecule has 0 radical (unpaired) electrons. The van der Waals surface area contributed by atoms with Gasteiger partial charge < -0.3 is 28.4 Å². The van der Waals surface area contributed by atoms with Crippen molar-refractivity contribution in [1.82, 2.24) is 0 Å². The van der Waals surface area contributed by atoms with Crippen LogP contribution in [0.3, 0.4) is 0 Å². The van der Waals surface area contributed by atoms with E-state index in [0.29, 0.717) is 54.0 Å². The quantitative estimate of drug-likeness (QED) is 0.152. The summed E-state index contributed by atoms with van der Waals surface area (Å²) in [4.78, 5) is 0. The molecule has 18 rings (SSSR count). The Hall–Kier alpha value is 1.50. The van der Waals surface area contributed by atoms with Crippen LogP contribution in [0.15, 0.2) is 0 Å². The Morgan fingerprint density at radius 2 is 0.740 bits per heavy atom. The fourth-order valence-electron chi connectivity index (χ4n) is 20.6. The predicted molar refractivity (Wildman–Crippen MR) is 302 cm³/mol. The molecule has 0 aliphatic heterocycles. The van der Waals surface area contributed by atoms with Gasteiger partial charge in [-0.1, -0.05) is 108 Å². The van der Waals surface area contributed by atoms with Gasteiger partial charge in [0.1, 0.15) is 36.4 Å². The van der Waals surface area contributed by atoms with Gasteiger partial charge in [-0.25, -0.2) is 0 Å². The third-order valence-corrected chi connectivity index (χ3v) is 23.0. The molecule has 73 heavy (non-hydrogen) atoms. The van der Waals surface area contributed by atoms with E-state index in [9.17, 15) is 0 Å². The van der Waals surface area contributed by atoms with Crippen molar-refractivity contribution in [3.63, 3.8) is 0 Å². The maximum Gasteiger partial charge on any atom is 0.121 e. The van der Waals surface area contributed by atoms with Crippen LogP contribution in [0.4, 0.5) is 0 Å². The smallest absolute Gasteiger partial charge is 0.121 e. The minimum atomic E-state index is 0.219. The summed E-state index contributed by atoms with van der Waals surface area (Å²) in [5, 5.41) is 0. The molecule has 0 amide bonds. The van der Waals surface area contributed by atoms with Gasteiger partial charge in [0.05, 0.1) is 37.6 Å². The highest BCUT2D eigenvalue weighted by Crippen LogP contribution is 2.61. The van der Waals surface area contributed by atoms with E-state index in [1.165, 1.54) is 205 Å². The van der Waals surface area contributed by atoms with E-state index in [4.69, 9.17) is 98.0 Å². The molecule has 0 aromatic carbocycles. The maximum atomic E-state index is 5.81. The summed E-state index contributed by atoms with van der Waals surface area (Å²) < 4.78 is 32.8. The zero-order valence-electron chi connectivity index (χ0n) is 45.1. The van der Waals surface area contributed by atoms with Crippen molar-refractivity contribution in [2.45, 2.75) is 223 Å². The van der Waals surface area contributed by atoms with Gasteiger partial charge in [0.2, 0.25) is 0 Å². The molecule has 6 nitrogen and oxygen atoms in total. The topological polar surface area (TPSA) is 55.4 Å². The molecule has 0 aromatic rings. The summed E-state index contributed by atoms with van der Waals surface area (Å²) in [6.45, 7) is 2.74. The first kappa shape index (κ1) is 59.1. The average Bonchev–Trinajstić information content (AvgIpc) is 3.37. The predicted octanol–water partition coefficient (Wildman–Crippen LogP) is 18.2. The van der Waals surface area contributed by atoms with E-state index in [0.717, 1.165) is 115 Å². The Kier molecular flexibility index (Phi) is 23.9. The molecule has 0 N–H and O–H groups in total. The molecule has 0 atom stereocenters. The van der Waals surface area contributed by atoms with Crippen LogP contribution in [0.25, 0.3) is 0 Å². The van der Waals surface area contributed by atoms with Crippen LogP contribution >= 0.6 is 69.6 Å². The molecule has 18 saturated carbocycles. The lowest BCUT2D eigenvalue weighted by Crippen LogP contribution is -2.51. The Morgan fingerprint density at radius 1 is 0.342 bits per heavy atom. The second-order valence-corrected chi connectivity index (χ2v) is 28.8. The van der Waals surface area contributed by atoms with Gasteiger partial charge >= 0.3 is 0 Å². The highest BCUT2D eigenvalue weighted by molar-refractivity contribution is 6.18. The molecule has 0 heterocycles. The van der Waals surface area contributed by atoms with Crippen molar-refractivity contribution in [1.29, 1.82) is 0 Å². The van der Waals surface area contributed by atoms with Crippen molar-refractivity contribution in [3.05, 3.63) is 0 Å². The molecular formula is C61H100Cl6O6. The molecule has 0 saturated heterocycles. The standard InChI is InChI=1S/2C12H19ClO.2C11H17ClO.C8H15ClO.C7H13ClO/c13-8-14-7-12-4-9-1-10(5-12)3-11(2-9)6-12;13-7-14-6-12-10-2-8-1-9(4-10)5-11(12)3-8;12-7-13-11-4-8-1-9(5-11)3-10(2-8)6-11;12-6-13-11-9-2-7-1-8(4-9)5-10(11)3-7;9-7-10-6-8-4-2-1-3-5-8;8-6-9-7-4-2-1-3-5-7/h9-11H,1-8H2;8-12H,1-7H2;8-10H,1-7H2;7-11H,1-6H2;8H,1-7H2;7H,1-6H2. The number of ether oxygens (including phenoxy) is 6. The first-order valence-electron chi connectivity index (χ1n) is 30.6. The summed E-state index contributed by atoms with van der Waals surface area (Å²) in [7, 11) is 0. The fraction of sp³-hybridized carbons (Fsp3) is 1.00. The Morgan fingerprint density at radius 3 is 1.16 bits per heavy atom. The van der Waals surface area contributed by atoms with Gasteiger partial charge in [0.25, 0.3) is 0 Å². The molecule has 0 aromatic heterocycles. The molecule has 18 aliphatic rings. The van der Waals surface area contributed by atoms with Crippen LogP contribution in [0.1, 0.15) is 205 Å². The lowest BCUT2D eigenvalue weighted by Gasteiger charge is -2.56. The van der Waals surface area contributed by atoms with Crippen LogP contribution in [0.5, 0.6) is 0 Å². The summed E-state index contributed by atoms with van der Waals surface area (Å²) >= 11 is 33.4. The number of halogens is 6. The molecular weight excluding hydrogens is 1040 g/mol. The van der Waals surface area contributed by atoms with E-state index >= 15 is 0 Å². The summed E-state index contributed by atoms with van der Waals surface area (Å²) in [6.07, 6.45) is 46.2. The molecule has 0 unspecified atom stereocenters. The zero-order chi connectivity index (χ0) is 50.6. The Bertz CT molecular complexity index is 1450. The molecule has 18 fully saturated rings. The van der Waals surface area contributed by atoms with Crippen molar-refractivity contribution >= 4 is 69.6 Å². The highest BCUT2D eigenvalue weighted by atomic mass is 35.5. The van der Waals surface area contributed by atoms with E-state index in [1.807, 2.05) is 0 Å². The molecule has 0 spiro atoms. The van der Waals surface area contributed by atoms with Crippen LogP contribution in [-0.4, -0.2) is 74.0 Å². The van der Waals surface area contributed by atoms with Crippen molar-refractivity contribution in [2.75, 3.05) is 56.2 Å². The van der Waals surface area contributed by atoms with E-state index in [-0.39, 0.29) is 5.60 Å². The number of hydrogen-bond acceptors (Lipinski definition) is 6. The SMILES string of the molecule is ClCOC12CC3CC(CC(C3)C1)C2.ClCOC1C2CC3CC(C2)CC1C3.ClCOC1CCCCC1.ClCOCC12CC3CC(CC(C3)C1)C2.ClCOCC1C2CC3CC(C2)CC1C3.ClCOCC1CCCCC1. The first-order valence-corrected chi connectivity index (χ1v) is 33.9. The second-order valence-electron chi connectivity index (χ2n) is 27.5. The van der Waals surface area contributed by atoms with E-state index in [1.54, 1.807) is 0 Å². The third kappa shape index (κ3) is 16.6. The van der Waals surface area contributed by atoms with Crippen molar-refractivity contribution in [2.24, 2.45) is 100 Å². The first-order chi connectivity index (χ1) is 35.7. The van der Waals surface area contributed by atoms with Gasteiger partial charge in [-0.15, -0.1) is 0 Å². The molecule has 422 valence electrons. The zero-order valence-corrected chi connectivity index (χ0v) is 49.6. The molecule has 16 bridgehead atoms. The molecule has 18 aliphatic carbocycles. The molecule has 12 heteroatoms. The van der Waals surface area contributed by atoms with Gasteiger partial charge in [0, 0.05) is 0 Å².